The number of carbonyl (C=O) groups is 2. The van der Waals surface area contributed by atoms with E-state index in [2.05, 4.69) is 31.1 Å². The van der Waals surface area contributed by atoms with E-state index < -0.39 is 0 Å². The highest BCUT2D eigenvalue weighted by molar-refractivity contribution is 9.10. The van der Waals surface area contributed by atoms with Gasteiger partial charge in [0, 0.05) is 28.7 Å². The van der Waals surface area contributed by atoms with Crippen LogP contribution >= 0.6 is 15.9 Å². The number of carbonyl (C=O) groups excluding carboxylic acids is 2. The highest BCUT2D eigenvalue weighted by Gasteiger charge is 2.14. The van der Waals surface area contributed by atoms with E-state index in [0.29, 0.717) is 11.3 Å². The summed E-state index contributed by atoms with van der Waals surface area (Å²) in [5.74, 6) is 0.569. The molecule has 2 N–H and O–H groups in total. The molecule has 6 nitrogen and oxygen atoms in total. The lowest BCUT2D eigenvalue weighted by Gasteiger charge is -2.08. The molecule has 0 bridgehead atoms. The van der Waals surface area contributed by atoms with E-state index in [9.17, 15) is 9.59 Å². The highest BCUT2D eigenvalue weighted by Crippen LogP contribution is 2.24. The molecule has 4 rings (SSSR count). The Morgan fingerprint density at radius 3 is 2.71 bits per heavy atom. The fourth-order valence-corrected chi connectivity index (χ4v) is 3.76. The van der Waals surface area contributed by atoms with Gasteiger partial charge in [0.2, 0.25) is 5.91 Å². The van der Waals surface area contributed by atoms with Crippen LogP contribution in [-0.4, -0.2) is 27.9 Å². The first-order valence-electron chi connectivity index (χ1n) is 9.43. The van der Waals surface area contributed by atoms with Gasteiger partial charge in [-0.25, -0.2) is 4.98 Å². The molecule has 7 heteroatoms. The summed E-state index contributed by atoms with van der Waals surface area (Å²) in [5.41, 5.74) is 3.20. The van der Waals surface area contributed by atoms with Crippen molar-refractivity contribution in [2.45, 2.75) is 32.2 Å². The smallest absolute Gasteiger partial charge is 0.251 e. The average Bonchev–Trinajstić information content (AvgIpc) is 2.86. The molecule has 3 aromatic rings. The van der Waals surface area contributed by atoms with Crippen molar-refractivity contribution in [3.8, 4) is 0 Å². The van der Waals surface area contributed by atoms with E-state index in [-0.39, 0.29) is 18.4 Å². The Kier molecular flexibility index (Phi) is 5.43. The maximum Gasteiger partial charge on any atom is 0.251 e. The van der Waals surface area contributed by atoms with Gasteiger partial charge in [-0.2, -0.15) is 0 Å². The van der Waals surface area contributed by atoms with Gasteiger partial charge < -0.3 is 15.2 Å². The third-order valence-corrected chi connectivity index (χ3v) is 5.44. The molecule has 2 amide bonds. The van der Waals surface area contributed by atoms with Crippen molar-refractivity contribution in [1.29, 1.82) is 0 Å². The average molecular weight is 441 g/mol. The molecule has 144 valence electrons. The predicted octanol–water partition coefficient (Wildman–Crippen LogP) is 3.89. The van der Waals surface area contributed by atoms with Crippen LogP contribution < -0.4 is 10.6 Å². The number of amides is 2. The Labute approximate surface area is 171 Å². The second kappa shape index (κ2) is 8.14. The van der Waals surface area contributed by atoms with E-state index in [1.165, 1.54) is 19.3 Å². The van der Waals surface area contributed by atoms with Gasteiger partial charge in [0.25, 0.3) is 5.91 Å². The molecule has 2 aromatic carbocycles. The SMILES string of the molecule is O=C(CNC(=O)c1ccc(Br)cc1)Nc1ccc2c(c1)nc1n2CCCCC1. The maximum absolute atomic E-state index is 12.2. The topological polar surface area (TPSA) is 76.0 Å². The van der Waals surface area contributed by atoms with Crippen LogP contribution in [0.1, 0.15) is 35.4 Å². The molecule has 0 saturated carbocycles. The summed E-state index contributed by atoms with van der Waals surface area (Å²) >= 11 is 3.33. The van der Waals surface area contributed by atoms with Crippen molar-refractivity contribution in [3.05, 3.63) is 58.3 Å². The Balaban J connectivity index is 1.39. The van der Waals surface area contributed by atoms with Crippen LogP contribution in [-0.2, 0) is 17.8 Å². The number of benzene rings is 2. The van der Waals surface area contributed by atoms with Crippen LogP contribution in [0.5, 0.6) is 0 Å². The summed E-state index contributed by atoms with van der Waals surface area (Å²) in [7, 11) is 0. The second-order valence-corrected chi connectivity index (χ2v) is 7.85. The molecule has 0 spiro atoms. The van der Waals surface area contributed by atoms with Gasteiger partial charge in [-0.05, 0) is 55.3 Å². The van der Waals surface area contributed by atoms with Gasteiger partial charge in [-0.3, -0.25) is 9.59 Å². The molecule has 1 aromatic heterocycles. The van der Waals surface area contributed by atoms with E-state index in [4.69, 9.17) is 4.98 Å². The number of hydrogen-bond acceptors (Lipinski definition) is 3. The predicted molar refractivity (Wildman–Crippen MR) is 112 cm³/mol. The van der Waals surface area contributed by atoms with Crippen LogP contribution in [0.3, 0.4) is 0 Å². The number of fused-ring (bicyclic) bond motifs is 3. The molecule has 0 atom stereocenters. The van der Waals surface area contributed by atoms with Crippen molar-refractivity contribution < 1.29 is 9.59 Å². The summed E-state index contributed by atoms with van der Waals surface area (Å²) in [6.45, 7) is 0.909. The minimum Gasteiger partial charge on any atom is -0.343 e. The zero-order valence-corrected chi connectivity index (χ0v) is 17.0. The molecule has 0 aliphatic carbocycles. The van der Waals surface area contributed by atoms with E-state index in [1.807, 2.05) is 18.2 Å². The van der Waals surface area contributed by atoms with E-state index >= 15 is 0 Å². The number of nitrogens with one attached hydrogen (secondary N) is 2. The van der Waals surface area contributed by atoms with Crippen molar-refractivity contribution >= 4 is 44.5 Å². The monoisotopic (exact) mass is 440 g/mol. The number of halogens is 1. The first kappa shape index (κ1) is 18.7. The zero-order chi connectivity index (χ0) is 19.5. The highest BCUT2D eigenvalue weighted by atomic mass is 79.9. The molecule has 0 radical (unpaired) electrons. The Hall–Kier alpha value is -2.67. The van der Waals surface area contributed by atoms with Gasteiger partial charge in [0.05, 0.1) is 17.6 Å². The van der Waals surface area contributed by atoms with E-state index in [0.717, 1.165) is 34.3 Å². The van der Waals surface area contributed by atoms with Crippen LogP contribution in [0.2, 0.25) is 0 Å². The van der Waals surface area contributed by atoms with Gasteiger partial charge in [-0.1, -0.05) is 22.4 Å². The first-order valence-corrected chi connectivity index (χ1v) is 10.2. The molecular weight excluding hydrogens is 420 g/mol. The Bertz CT molecular complexity index is 1030. The van der Waals surface area contributed by atoms with Gasteiger partial charge in [0.1, 0.15) is 5.82 Å². The standard InChI is InChI=1S/C21H21BrN4O2/c22-15-7-5-14(6-8-15)21(28)23-13-20(27)24-16-9-10-18-17(12-16)25-19-4-2-1-3-11-26(18)19/h5-10,12H,1-4,11,13H2,(H,23,28)(H,24,27). The fourth-order valence-electron chi connectivity index (χ4n) is 3.50. The number of rotatable bonds is 4. The third-order valence-electron chi connectivity index (χ3n) is 4.91. The molecular formula is C21H21BrN4O2. The van der Waals surface area contributed by atoms with E-state index in [1.54, 1.807) is 24.3 Å². The summed E-state index contributed by atoms with van der Waals surface area (Å²) in [5, 5.41) is 5.47. The largest absolute Gasteiger partial charge is 0.343 e. The van der Waals surface area contributed by atoms with Gasteiger partial charge in [0.15, 0.2) is 0 Å². The molecule has 1 aliphatic heterocycles. The van der Waals surface area contributed by atoms with Gasteiger partial charge in [-0.15, -0.1) is 0 Å². The van der Waals surface area contributed by atoms with Crippen LogP contribution in [0.15, 0.2) is 46.9 Å². The minimum absolute atomic E-state index is 0.0906. The lowest BCUT2D eigenvalue weighted by Crippen LogP contribution is -2.32. The maximum atomic E-state index is 12.2. The number of anilines is 1. The Morgan fingerprint density at radius 2 is 1.89 bits per heavy atom. The zero-order valence-electron chi connectivity index (χ0n) is 15.4. The summed E-state index contributed by atoms with van der Waals surface area (Å²) in [4.78, 5) is 29.1. The lowest BCUT2D eigenvalue weighted by atomic mass is 10.2. The lowest BCUT2D eigenvalue weighted by molar-refractivity contribution is -0.115. The van der Waals surface area contributed by atoms with Crippen LogP contribution in [0.4, 0.5) is 5.69 Å². The number of hydrogen-bond donors (Lipinski definition) is 2. The first-order chi connectivity index (χ1) is 13.6. The normalized spacial score (nSPS) is 13.6. The summed E-state index contributed by atoms with van der Waals surface area (Å²) < 4.78 is 3.18. The van der Waals surface area contributed by atoms with Crippen molar-refractivity contribution in [2.24, 2.45) is 0 Å². The third kappa shape index (κ3) is 4.09. The van der Waals surface area contributed by atoms with Gasteiger partial charge >= 0.3 is 0 Å². The van der Waals surface area contributed by atoms with Crippen molar-refractivity contribution in [2.75, 3.05) is 11.9 Å². The number of nitrogens with zero attached hydrogens (tertiary/aromatic N) is 2. The molecule has 28 heavy (non-hydrogen) atoms. The molecule has 0 unspecified atom stereocenters. The summed E-state index contributed by atoms with van der Waals surface area (Å²) in [6.07, 6.45) is 4.59. The number of imidazole rings is 1. The van der Waals surface area contributed by atoms with Crippen LogP contribution in [0, 0.1) is 0 Å². The second-order valence-electron chi connectivity index (χ2n) is 6.93. The molecule has 2 heterocycles. The fraction of sp³-hybridized carbons (Fsp3) is 0.286. The quantitative estimate of drug-likeness (QED) is 0.645. The number of aromatic nitrogens is 2. The van der Waals surface area contributed by atoms with Crippen LogP contribution in [0.25, 0.3) is 11.0 Å². The summed E-state index contributed by atoms with van der Waals surface area (Å²) in [6, 6.07) is 12.8. The van der Waals surface area contributed by atoms with Crippen molar-refractivity contribution in [3.63, 3.8) is 0 Å². The van der Waals surface area contributed by atoms with Crippen molar-refractivity contribution in [1.82, 2.24) is 14.9 Å². The Morgan fingerprint density at radius 1 is 1.07 bits per heavy atom. The molecule has 0 fully saturated rings. The molecule has 0 saturated heterocycles. The molecule has 1 aliphatic rings. The number of aryl methyl sites for hydroxylation is 2. The minimum atomic E-state index is -0.282.